The van der Waals surface area contributed by atoms with Crippen molar-refractivity contribution in [1.29, 1.82) is 0 Å². The first-order valence-corrected chi connectivity index (χ1v) is 11.5. The Balaban J connectivity index is 3.48. The highest BCUT2D eigenvalue weighted by Crippen LogP contribution is 2.28. The smallest absolute Gasteiger partial charge is 0.408 e. The van der Waals surface area contributed by atoms with Gasteiger partial charge in [0.15, 0.2) is 0 Å². The maximum atomic E-state index is 13.7. The van der Waals surface area contributed by atoms with Crippen LogP contribution in [0.25, 0.3) is 0 Å². The van der Waals surface area contributed by atoms with Crippen molar-refractivity contribution in [2.24, 2.45) is 5.92 Å². The molecule has 1 rings (SSSR count). The lowest BCUT2D eigenvalue weighted by Gasteiger charge is -2.33. The number of benzene rings is 1. The number of methoxy groups -OCH3 is 1. The number of hydrogen-bond donors (Lipinski definition) is 2. The van der Waals surface area contributed by atoms with Crippen molar-refractivity contribution in [2.75, 3.05) is 13.7 Å². The average molecular weight is 488 g/mol. The Kier molecular flexibility index (Phi) is 10.8. The molecule has 3 unspecified atom stereocenters. The van der Waals surface area contributed by atoms with Gasteiger partial charge in [0, 0.05) is 6.04 Å². The quantitative estimate of drug-likeness (QED) is 0.314. The van der Waals surface area contributed by atoms with E-state index in [9.17, 15) is 19.2 Å². The molecule has 3 amide bonds. The summed E-state index contributed by atoms with van der Waals surface area (Å²) in [7, 11) is 1.20. The van der Waals surface area contributed by atoms with E-state index in [1.807, 2.05) is 26.8 Å². The number of nitrogens with one attached hydrogen (secondary N) is 2. The normalized spacial score (nSPS) is 13.5. The molecule has 0 heterocycles. The minimum Gasteiger partial charge on any atom is -0.468 e. The number of nitrogens with zero attached hydrogens (tertiary/aromatic N) is 1. The molecule has 0 fully saturated rings. The second-order valence-corrected chi connectivity index (χ2v) is 9.33. The summed E-state index contributed by atoms with van der Waals surface area (Å²) in [6.07, 6.45) is 5.55. The van der Waals surface area contributed by atoms with Crippen LogP contribution in [0.5, 0.6) is 0 Å². The summed E-state index contributed by atoms with van der Waals surface area (Å²) >= 11 is 0. The van der Waals surface area contributed by atoms with E-state index < -0.39 is 48.1 Å². The third-order valence-corrected chi connectivity index (χ3v) is 5.61. The molecule has 1 aromatic rings. The van der Waals surface area contributed by atoms with Gasteiger partial charge in [0.05, 0.1) is 7.11 Å². The molecule has 0 aliphatic carbocycles. The summed E-state index contributed by atoms with van der Waals surface area (Å²) in [4.78, 5) is 52.1. The van der Waals surface area contributed by atoms with Crippen LogP contribution in [0.1, 0.15) is 63.8 Å². The lowest BCUT2D eigenvalue weighted by atomic mass is 9.93. The highest BCUT2D eigenvalue weighted by molar-refractivity contribution is 5.94. The summed E-state index contributed by atoms with van der Waals surface area (Å²) in [6, 6.07) is 5.35. The first-order chi connectivity index (χ1) is 16.3. The van der Waals surface area contributed by atoms with E-state index in [1.54, 1.807) is 39.8 Å². The van der Waals surface area contributed by atoms with Crippen LogP contribution in [0.15, 0.2) is 18.2 Å². The topological polar surface area (TPSA) is 114 Å². The number of carbonyl (C=O) groups excluding carboxylic acids is 4. The van der Waals surface area contributed by atoms with Gasteiger partial charge in [-0.15, -0.1) is 0 Å². The molecule has 1 aromatic carbocycles. The molecule has 35 heavy (non-hydrogen) atoms. The van der Waals surface area contributed by atoms with Gasteiger partial charge in [-0.05, 0) is 57.2 Å². The number of hydrogen-bond acceptors (Lipinski definition) is 6. The van der Waals surface area contributed by atoms with E-state index in [2.05, 4.69) is 21.4 Å². The Bertz CT molecular complexity index is 976. The Labute approximate surface area is 207 Å². The predicted molar refractivity (Wildman–Crippen MR) is 132 cm³/mol. The Morgan fingerprint density at radius 2 is 1.80 bits per heavy atom. The van der Waals surface area contributed by atoms with E-state index in [-0.39, 0.29) is 5.92 Å². The highest BCUT2D eigenvalue weighted by Gasteiger charge is 2.38. The average Bonchev–Trinajstić information content (AvgIpc) is 2.79. The molecule has 9 heteroatoms. The fourth-order valence-electron chi connectivity index (χ4n) is 3.33. The maximum Gasteiger partial charge on any atom is 0.408 e. The number of rotatable bonds is 9. The van der Waals surface area contributed by atoms with Gasteiger partial charge in [-0.2, -0.15) is 0 Å². The van der Waals surface area contributed by atoms with E-state index in [1.165, 1.54) is 7.11 Å². The van der Waals surface area contributed by atoms with Crippen molar-refractivity contribution < 1.29 is 28.7 Å². The van der Waals surface area contributed by atoms with Crippen molar-refractivity contribution in [3.63, 3.8) is 0 Å². The van der Waals surface area contributed by atoms with Gasteiger partial charge in [0.2, 0.25) is 5.91 Å². The van der Waals surface area contributed by atoms with Crippen molar-refractivity contribution in [3.05, 3.63) is 34.9 Å². The Morgan fingerprint density at radius 1 is 1.17 bits per heavy atom. The van der Waals surface area contributed by atoms with Gasteiger partial charge in [-0.25, -0.2) is 4.79 Å². The minimum atomic E-state index is -1.25. The molecule has 0 bridgehead atoms. The van der Waals surface area contributed by atoms with E-state index >= 15 is 0 Å². The molecule has 0 aromatic heterocycles. The minimum absolute atomic E-state index is 0.316. The zero-order chi connectivity index (χ0) is 26.9. The molecular formula is C26H37N3O6. The molecule has 2 N–H and O–H groups in total. The predicted octanol–water partition coefficient (Wildman–Crippen LogP) is 2.99. The van der Waals surface area contributed by atoms with Gasteiger partial charge < -0.3 is 20.1 Å². The molecule has 0 spiro atoms. The van der Waals surface area contributed by atoms with Crippen molar-refractivity contribution in [3.8, 4) is 12.5 Å². The monoisotopic (exact) mass is 487 g/mol. The standard InChI is InChI=1S/C26H37N3O6/c1-10-16(3)21(28-25(33)35-26(6,7)8)24(32)29(11-2)22(23(31)27-15-20(30)34-9)19-14-12-13-17(4)18(19)5/h2,12-14,16,21-22H,10,15H2,1,3-9H3,(H,27,31)(H,28,33). The van der Waals surface area contributed by atoms with Crippen molar-refractivity contribution in [1.82, 2.24) is 15.5 Å². The Hall–Kier alpha value is -3.54. The number of esters is 1. The second kappa shape index (κ2) is 12.8. The van der Waals surface area contributed by atoms with Gasteiger partial charge >= 0.3 is 12.1 Å². The molecule has 0 aliphatic heterocycles. The van der Waals surface area contributed by atoms with Crippen LogP contribution in [-0.2, 0) is 23.9 Å². The summed E-state index contributed by atoms with van der Waals surface area (Å²) in [6.45, 7) is 12.1. The molecular weight excluding hydrogens is 450 g/mol. The fourth-order valence-corrected chi connectivity index (χ4v) is 3.33. The van der Waals surface area contributed by atoms with E-state index in [4.69, 9.17) is 11.2 Å². The second-order valence-electron chi connectivity index (χ2n) is 9.33. The first kappa shape index (κ1) is 29.5. The van der Waals surface area contributed by atoms with Crippen LogP contribution in [0.4, 0.5) is 4.79 Å². The zero-order valence-corrected chi connectivity index (χ0v) is 21.9. The third-order valence-electron chi connectivity index (χ3n) is 5.61. The number of ether oxygens (including phenoxy) is 2. The van der Waals surface area contributed by atoms with Gasteiger partial charge in [-0.1, -0.05) is 44.9 Å². The SMILES string of the molecule is C#CN(C(=O)C(NC(=O)OC(C)(C)C)C(C)CC)C(C(=O)NCC(=O)OC)c1cccc(C)c1C. The molecule has 192 valence electrons. The van der Waals surface area contributed by atoms with Gasteiger partial charge in [0.25, 0.3) is 5.91 Å². The molecule has 0 saturated carbocycles. The first-order valence-electron chi connectivity index (χ1n) is 11.5. The summed E-state index contributed by atoms with van der Waals surface area (Å²) in [5.41, 5.74) is 1.38. The third kappa shape index (κ3) is 8.32. The van der Waals surface area contributed by atoms with Crippen molar-refractivity contribution in [2.45, 2.75) is 72.6 Å². The zero-order valence-electron chi connectivity index (χ0n) is 21.9. The number of aryl methyl sites for hydroxylation is 1. The van der Waals surface area contributed by atoms with Crippen LogP contribution in [-0.4, -0.2) is 54.1 Å². The maximum absolute atomic E-state index is 13.7. The van der Waals surface area contributed by atoms with Gasteiger partial charge in [0.1, 0.15) is 24.2 Å². The number of carbonyl (C=O) groups is 4. The largest absolute Gasteiger partial charge is 0.468 e. The van der Waals surface area contributed by atoms with Crippen molar-refractivity contribution >= 4 is 23.9 Å². The number of amides is 3. The Morgan fingerprint density at radius 3 is 2.31 bits per heavy atom. The van der Waals surface area contributed by atoms with Crippen LogP contribution in [0, 0.1) is 32.2 Å². The lowest BCUT2D eigenvalue weighted by Crippen LogP contribution is -2.54. The summed E-state index contributed by atoms with van der Waals surface area (Å²) in [5, 5.41) is 5.10. The van der Waals surface area contributed by atoms with E-state index in [0.717, 1.165) is 16.0 Å². The molecule has 3 atom stereocenters. The van der Waals surface area contributed by atoms with Crippen LogP contribution in [0.2, 0.25) is 0 Å². The summed E-state index contributed by atoms with van der Waals surface area (Å²) in [5.74, 6) is -2.27. The number of terminal acetylenes is 1. The highest BCUT2D eigenvalue weighted by atomic mass is 16.6. The molecule has 0 saturated heterocycles. The van der Waals surface area contributed by atoms with Crippen LogP contribution < -0.4 is 10.6 Å². The molecule has 0 aliphatic rings. The molecule has 0 radical (unpaired) electrons. The summed E-state index contributed by atoms with van der Waals surface area (Å²) < 4.78 is 9.92. The number of alkyl carbamates (subject to hydrolysis) is 1. The van der Waals surface area contributed by atoms with Crippen LogP contribution >= 0.6 is 0 Å². The molecule has 9 nitrogen and oxygen atoms in total. The lowest BCUT2D eigenvalue weighted by molar-refractivity contribution is -0.143. The fraction of sp³-hybridized carbons (Fsp3) is 0.538. The van der Waals surface area contributed by atoms with Crippen LogP contribution in [0.3, 0.4) is 0 Å². The van der Waals surface area contributed by atoms with Gasteiger partial charge in [-0.3, -0.25) is 19.3 Å². The van der Waals surface area contributed by atoms with E-state index in [0.29, 0.717) is 12.0 Å².